The van der Waals surface area contributed by atoms with Crippen molar-refractivity contribution in [3.8, 4) is 5.75 Å². The number of phenols is 1. The topological polar surface area (TPSA) is 69.6 Å². The van der Waals surface area contributed by atoms with E-state index in [2.05, 4.69) is 33.0 Å². The molecule has 0 saturated carbocycles. The zero-order valence-electron chi connectivity index (χ0n) is 17.7. The van der Waals surface area contributed by atoms with Gasteiger partial charge in [-0.1, -0.05) is 25.4 Å². The monoisotopic (exact) mass is 468 g/mol. The molecule has 2 fully saturated rings. The Hall–Kier alpha value is -1.51. The number of rotatable bonds is 4. The first-order valence-electron chi connectivity index (χ1n) is 10.3. The van der Waals surface area contributed by atoms with Gasteiger partial charge in [0.15, 0.2) is 0 Å². The van der Waals surface area contributed by atoms with Crippen molar-refractivity contribution in [1.82, 2.24) is 14.3 Å². The lowest BCUT2D eigenvalue weighted by Gasteiger charge is -2.36. The number of hydrogen-bond acceptors (Lipinski definition) is 7. The van der Waals surface area contributed by atoms with Crippen molar-refractivity contribution in [1.29, 1.82) is 0 Å². The van der Waals surface area contributed by atoms with Crippen LogP contribution in [0.2, 0.25) is 5.02 Å². The van der Waals surface area contributed by atoms with Gasteiger partial charge in [-0.2, -0.15) is 4.37 Å². The van der Waals surface area contributed by atoms with Crippen LogP contribution in [0.15, 0.2) is 23.1 Å². The molecule has 30 heavy (non-hydrogen) atoms. The average Bonchev–Trinajstić information content (AvgIpc) is 3.38. The van der Waals surface area contributed by atoms with Crippen molar-refractivity contribution in [3.63, 3.8) is 0 Å². The van der Waals surface area contributed by atoms with Gasteiger partial charge in [0.2, 0.25) is 11.0 Å². The first-order valence-corrected chi connectivity index (χ1v) is 12.7. The molecule has 4 rings (SSSR count). The van der Waals surface area contributed by atoms with E-state index in [1.165, 1.54) is 17.6 Å². The molecule has 0 radical (unpaired) electrons. The Balaban J connectivity index is 0.000000216. The van der Waals surface area contributed by atoms with E-state index < -0.39 is 0 Å². The van der Waals surface area contributed by atoms with Gasteiger partial charge in [-0.15, -0.1) is 11.8 Å². The van der Waals surface area contributed by atoms with Gasteiger partial charge in [0.1, 0.15) is 11.6 Å². The Bertz CT molecular complexity index is 853. The predicted octanol–water partition coefficient (Wildman–Crippen LogP) is 5.02. The Morgan fingerprint density at radius 1 is 1.27 bits per heavy atom. The van der Waals surface area contributed by atoms with Gasteiger partial charge in [0.25, 0.3) is 0 Å². The molecule has 1 aromatic carbocycles. The molecule has 1 amide bonds. The lowest BCUT2D eigenvalue weighted by atomic mass is 10.0. The number of anilines is 1. The number of carbonyl (C=O) groups excluding carboxylic acids is 1. The number of aromatic hydroxyl groups is 1. The molecule has 6 nitrogen and oxygen atoms in total. The predicted molar refractivity (Wildman–Crippen MR) is 125 cm³/mol. The van der Waals surface area contributed by atoms with Crippen LogP contribution in [0.25, 0.3) is 0 Å². The van der Waals surface area contributed by atoms with Gasteiger partial charge in [0, 0.05) is 54.4 Å². The van der Waals surface area contributed by atoms with E-state index in [-0.39, 0.29) is 5.75 Å². The summed E-state index contributed by atoms with van der Waals surface area (Å²) >= 11 is 8.81. The average molecular weight is 469 g/mol. The van der Waals surface area contributed by atoms with Gasteiger partial charge in [0.05, 0.1) is 5.02 Å². The molecule has 0 aliphatic carbocycles. The molecular formula is C21H29ClN4O2S2. The van der Waals surface area contributed by atoms with Crippen molar-refractivity contribution in [3.05, 3.63) is 29.0 Å². The number of benzene rings is 1. The zero-order valence-corrected chi connectivity index (χ0v) is 20.1. The summed E-state index contributed by atoms with van der Waals surface area (Å²) in [5.41, 5.74) is 0. The second kappa shape index (κ2) is 10.7. The normalized spacial score (nSPS) is 17.4. The van der Waals surface area contributed by atoms with Crippen LogP contribution in [-0.4, -0.2) is 57.2 Å². The first kappa shape index (κ1) is 23.2. The molecule has 0 bridgehead atoms. The first-order chi connectivity index (χ1) is 14.4. The van der Waals surface area contributed by atoms with E-state index in [1.807, 2.05) is 6.26 Å². The van der Waals surface area contributed by atoms with Crippen LogP contribution in [0.1, 0.15) is 51.3 Å². The molecule has 0 unspecified atom stereocenters. The van der Waals surface area contributed by atoms with Crippen molar-refractivity contribution in [2.75, 3.05) is 30.8 Å². The summed E-state index contributed by atoms with van der Waals surface area (Å²) in [6.07, 6.45) is 5.84. The number of likely N-dealkylation sites (tertiary alicyclic amines) is 1. The van der Waals surface area contributed by atoms with Crippen molar-refractivity contribution in [2.45, 2.75) is 56.4 Å². The summed E-state index contributed by atoms with van der Waals surface area (Å²) in [5, 5.41) is 10.6. The van der Waals surface area contributed by atoms with Crippen LogP contribution in [0.3, 0.4) is 0 Å². The van der Waals surface area contributed by atoms with Crippen LogP contribution in [-0.2, 0) is 4.79 Å². The number of piperidine rings is 1. The van der Waals surface area contributed by atoms with Crippen molar-refractivity contribution < 1.29 is 9.90 Å². The Labute approximate surface area is 191 Å². The number of hydrogen-bond donors (Lipinski definition) is 1. The molecule has 164 valence electrons. The van der Waals surface area contributed by atoms with Crippen molar-refractivity contribution >= 4 is 45.9 Å². The number of nitrogens with zero attached hydrogens (tertiary/aromatic N) is 4. The van der Waals surface area contributed by atoms with E-state index >= 15 is 0 Å². The number of amides is 1. The highest BCUT2D eigenvalue weighted by Gasteiger charge is 2.31. The Kier molecular flexibility index (Phi) is 8.25. The van der Waals surface area contributed by atoms with E-state index in [0.29, 0.717) is 22.9 Å². The second-order valence-electron chi connectivity index (χ2n) is 7.82. The fourth-order valence-corrected chi connectivity index (χ4v) is 5.39. The molecular weight excluding hydrogens is 440 g/mol. The van der Waals surface area contributed by atoms with Crippen LogP contribution in [0.4, 0.5) is 5.13 Å². The molecule has 2 saturated heterocycles. The number of halogens is 1. The lowest BCUT2D eigenvalue weighted by molar-refractivity contribution is -0.130. The van der Waals surface area contributed by atoms with Crippen LogP contribution in [0.5, 0.6) is 5.75 Å². The summed E-state index contributed by atoms with van der Waals surface area (Å²) in [6.45, 7) is 7.18. The summed E-state index contributed by atoms with van der Waals surface area (Å²) in [4.78, 5) is 21.8. The minimum absolute atomic E-state index is 0.211. The summed E-state index contributed by atoms with van der Waals surface area (Å²) in [6, 6.07) is 5.40. The minimum Gasteiger partial charge on any atom is -0.508 e. The van der Waals surface area contributed by atoms with Gasteiger partial charge < -0.3 is 14.9 Å². The highest BCUT2D eigenvalue weighted by Crippen LogP contribution is 2.29. The van der Waals surface area contributed by atoms with Gasteiger partial charge in [-0.25, -0.2) is 4.98 Å². The molecule has 0 spiro atoms. The van der Waals surface area contributed by atoms with Gasteiger partial charge in [-0.05, 0) is 43.7 Å². The molecule has 1 aromatic heterocycles. The molecule has 9 heteroatoms. The summed E-state index contributed by atoms with van der Waals surface area (Å²) in [5.74, 6) is 1.89. The Morgan fingerprint density at radius 3 is 2.53 bits per heavy atom. The zero-order chi connectivity index (χ0) is 21.7. The Morgan fingerprint density at radius 2 is 2.00 bits per heavy atom. The molecule has 3 heterocycles. The maximum Gasteiger partial charge on any atom is 0.222 e. The van der Waals surface area contributed by atoms with Gasteiger partial charge >= 0.3 is 0 Å². The van der Waals surface area contributed by atoms with E-state index in [0.717, 1.165) is 61.2 Å². The third-order valence-corrected chi connectivity index (χ3v) is 7.38. The second-order valence-corrected chi connectivity index (χ2v) is 9.80. The molecule has 2 aromatic rings. The quantitative estimate of drug-likeness (QED) is 0.635. The molecule has 0 atom stereocenters. The summed E-state index contributed by atoms with van der Waals surface area (Å²) in [7, 11) is 0. The van der Waals surface area contributed by atoms with E-state index in [1.54, 1.807) is 23.9 Å². The largest absolute Gasteiger partial charge is 0.508 e. The van der Waals surface area contributed by atoms with E-state index in [4.69, 9.17) is 16.7 Å². The van der Waals surface area contributed by atoms with E-state index in [9.17, 15) is 4.79 Å². The lowest BCUT2D eigenvalue weighted by Crippen LogP contribution is -2.45. The maximum absolute atomic E-state index is 11.8. The van der Waals surface area contributed by atoms with Crippen LogP contribution < -0.4 is 4.90 Å². The molecule has 2 aliphatic heterocycles. The molecule has 1 N–H and O–H groups in total. The summed E-state index contributed by atoms with van der Waals surface area (Å²) < 4.78 is 4.42. The standard InChI is InChI=1S/C14H22N4OS.C7H7ClOS/c1-10(2)13-15-14(20-16-13)17-8-5-11(6-9-17)18-7-3-4-12(18)19;1-10-7-3-2-5(9)4-6(7)8/h10-11H,3-9H2,1-2H3;2-4,9H,1H3. The third-order valence-electron chi connectivity index (χ3n) is 5.37. The minimum atomic E-state index is 0.211. The molecule has 2 aliphatic rings. The maximum atomic E-state index is 11.8. The fraction of sp³-hybridized carbons (Fsp3) is 0.571. The number of phenolic OH excluding ortho intramolecular Hbond substituents is 1. The van der Waals surface area contributed by atoms with Crippen LogP contribution in [0, 0.1) is 0 Å². The number of thioether (sulfide) groups is 1. The third kappa shape index (κ3) is 5.80. The fourth-order valence-electron chi connectivity index (χ4n) is 3.67. The SMILES string of the molecule is CC(C)c1nsc(N2CCC(N3CCCC3=O)CC2)n1.CSc1ccc(O)cc1Cl. The number of carbonyl (C=O) groups is 1. The number of aromatic nitrogens is 2. The van der Waals surface area contributed by atoms with Crippen molar-refractivity contribution in [2.24, 2.45) is 0 Å². The smallest absolute Gasteiger partial charge is 0.222 e. The van der Waals surface area contributed by atoms with Crippen LogP contribution >= 0.6 is 34.9 Å². The highest BCUT2D eigenvalue weighted by molar-refractivity contribution is 7.98. The van der Waals surface area contributed by atoms with Gasteiger partial charge in [-0.3, -0.25) is 4.79 Å². The highest BCUT2D eigenvalue weighted by atomic mass is 35.5.